The number of anilines is 2. The monoisotopic (exact) mass is 454 g/mol. The predicted molar refractivity (Wildman–Crippen MR) is 128 cm³/mol. The second-order valence-corrected chi connectivity index (χ2v) is 9.95. The second-order valence-electron chi connectivity index (χ2n) is 8.95. The molecule has 0 amide bonds. The van der Waals surface area contributed by atoms with E-state index in [0.29, 0.717) is 23.8 Å². The van der Waals surface area contributed by atoms with Gasteiger partial charge in [-0.05, 0) is 37.0 Å². The van der Waals surface area contributed by atoms with Crippen LogP contribution >= 0.6 is 11.3 Å². The molecule has 32 heavy (non-hydrogen) atoms. The Labute approximate surface area is 191 Å². The zero-order valence-corrected chi connectivity index (χ0v) is 19.2. The number of nitrogens with zero attached hydrogens (tertiary/aromatic N) is 3. The number of esters is 1. The third kappa shape index (κ3) is 3.65. The van der Waals surface area contributed by atoms with Gasteiger partial charge in [-0.1, -0.05) is 25.3 Å². The third-order valence-electron chi connectivity index (χ3n) is 6.95. The SMILES string of the molecule is COC(=O)c1c(N2CCC(CO)C2)sc(-c2ccc3c(c2)ncn3C2CCCCC2)c1N. The maximum Gasteiger partial charge on any atom is 0.343 e. The van der Waals surface area contributed by atoms with E-state index >= 15 is 0 Å². The number of aliphatic hydroxyl groups excluding tert-OH is 1. The van der Waals surface area contributed by atoms with Crippen molar-refractivity contribution in [2.24, 2.45) is 5.92 Å². The van der Waals surface area contributed by atoms with Crippen LogP contribution in [0.15, 0.2) is 24.5 Å². The number of rotatable bonds is 5. The molecule has 2 fully saturated rings. The zero-order valence-electron chi connectivity index (χ0n) is 18.4. The molecular formula is C24H30N4O3S. The van der Waals surface area contributed by atoms with E-state index in [0.717, 1.165) is 39.4 Å². The second kappa shape index (κ2) is 8.75. The number of methoxy groups -OCH3 is 1. The van der Waals surface area contributed by atoms with Crippen molar-refractivity contribution in [3.63, 3.8) is 0 Å². The van der Waals surface area contributed by atoms with E-state index in [1.807, 2.05) is 6.33 Å². The highest BCUT2D eigenvalue weighted by molar-refractivity contribution is 7.20. The Morgan fingerprint density at radius 3 is 2.81 bits per heavy atom. The lowest BCUT2D eigenvalue weighted by Crippen LogP contribution is -2.22. The average molecular weight is 455 g/mol. The molecule has 1 atom stereocenters. The number of thiophene rings is 1. The number of nitrogens with two attached hydrogens (primary N) is 1. The lowest BCUT2D eigenvalue weighted by molar-refractivity contribution is 0.0603. The molecule has 3 N–H and O–H groups in total. The zero-order chi connectivity index (χ0) is 22.2. The number of hydrogen-bond acceptors (Lipinski definition) is 7. The Morgan fingerprint density at radius 2 is 2.09 bits per heavy atom. The summed E-state index contributed by atoms with van der Waals surface area (Å²) in [4.78, 5) is 20.3. The molecule has 5 rings (SSSR count). The molecule has 1 aliphatic heterocycles. The smallest absolute Gasteiger partial charge is 0.343 e. The van der Waals surface area contributed by atoms with Gasteiger partial charge in [-0.3, -0.25) is 0 Å². The first-order valence-corrected chi connectivity index (χ1v) is 12.3. The molecule has 0 spiro atoms. The van der Waals surface area contributed by atoms with Crippen molar-refractivity contribution in [1.29, 1.82) is 0 Å². The van der Waals surface area contributed by atoms with E-state index in [9.17, 15) is 9.90 Å². The molecule has 3 aromatic rings. The summed E-state index contributed by atoms with van der Waals surface area (Å²) < 4.78 is 7.38. The summed E-state index contributed by atoms with van der Waals surface area (Å²) in [5.41, 5.74) is 10.5. The molecular weight excluding hydrogens is 424 g/mol. The summed E-state index contributed by atoms with van der Waals surface area (Å²) in [6.45, 7) is 1.66. The Hall–Kier alpha value is -2.58. The number of benzene rings is 1. The van der Waals surface area contributed by atoms with E-state index in [-0.39, 0.29) is 12.5 Å². The largest absolute Gasteiger partial charge is 0.465 e. The fraction of sp³-hybridized carbons (Fsp3) is 0.500. The maximum absolute atomic E-state index is 12.6. The number of imidazole rings is 1. The molecule has 0 bridgehead atoms. The van der Waals surface area contributed by atoms with E-state index in [2.05, 4.69) is 32.7 Å². The fourth-order valence-electron chi connectivity index (χ4n) is 5.16. The Kier molecular flexibility index (Phi) is 5.82. The summed E-state index contributed by atoms with van der Waals surface area (Å²) in [6.07, 6.45) is 9.17. The summed E-state index contributed by atoms with van der Waals surface area (Å²) in [5.74, 6) is -0.206. The lowest BCUT2D eigenvalue weighted by atomic mass is 9.95. The summed E-state index contributed by atoms with van der Waals surface area (Å²) >= 11 is 1.52. The molecule has 3 heterocycles. The van der Waals surface area contributed by atoms with Crippen molar-refractivity contribution in [3.05, 3.63) is 30.1 Å². The van der Waals surface area contributed by atoms with Gasteiger partial charge in [0, 0.05) is 31.7 Å². The molecule has 7 nitrogen and oxygen atoms in total. The molecule has 1 aliphatic carbocycles. The van der Waals surface area contributed by atoms with Crippen molar-refractivity contribution in [1.82, 2.24) is 9.55 Å². The molecule has 0 radical (unpaired) electrons. The Bertz CT molecular complexity index is 1130. The summed E-state index contributed by atoms with van der Waals surface area (Å²) in [5, 5.41) is 10.4. The summed E-state index contributed by atoms with van der Waals surface area (Å²) in [7, 11) is 1.38. The van der Waals surface area contributed by atoms with Gasteiger partial charge in [0.25, 0.3) is 0 Å². The Morgan fingerprint density at radius 1 is 1.28 bits per heavy atom. The number of carbonyl (C=O) groups is 1. The van der Waals surface area contributed by atoms with Gasteiger partial charge < -0.3 is 25.0 Å². The Balaban J connectivity index is 1.53. The minimum Gasteiger partial charge on any atom is -0.465 e. The van der Waals surface area contributed by atoms with Gasteiger partial charge in [-0.2, -0.15) is 0 Å². The van der Waals surface area contributed by atoms with Crippen LogP contribution in [0.4, 0.5) is 10.7 Å². The predicted octanol–water partition coefficient (Wildman–Crippen LogP) is 4.46. The molecule has 1 unspecified atom stereocenters. The average Bonchev–Trinajstić information content (AvgIpc) is 3.55. The van der Waals surface area contributed by atoms with Gasteiger partial charge in [0.05, 0.1) is 35.0 Å². The minimum absolute atomic E-state index is 0.151. The van der Waals surface area contributed by atoms with Crippen LogP contribution in [0.2, 0.25) is 0 Å². The van der Waals surface area contributed by atoms with Crippen LogP contribution in [-0.2, 0) is 4.74 Å². The topological polar surface area (TPSA) is 93.6 Å². The van der Waals surface area contributed by atoms with Crippen LogP contribution in [0.25, 0.3) is 21.5 Å². The highest BCUT2D eigenvalue weighted by Crippen LogP contribution is 2.46. The van der Waals surface area contributed by atoms with Crippen molar-refractivity contribution in [2.45, 2.75) is 44.6 Å². The first-order valence-electron chi connectivity index (χ1n) is 11.4. The van der Waals surface area contributed by atoms with Crippen LogP contribution in [-0.4, -0.2) is 47.4 Å². The quantitative estimate of drug-likeness (QED) is 0.553. The molecule has 1 aromatic carbocycles. The van der Waals surface area contributed by atoms with Gasteiger partial charge in [0.15, 0.2) is 0 Å². The number of hydrogen-bond donors (Lipinski definition) is 2. The van der Waals surface area contributed by atoms with Crippen LogP contribution in [0.5, 0.6) is 0 Å². The molecule has 170 valence electrons. The number of nitrogen functional groups attached to an aromatic ring is 1. The van der Waals surface area contributed by atoms with Crippen molar-refractivity contribution in [3.8, 4) is 10.4 Å². The number of aliphatic hydroxyl groups is 1. The van der Waals surface area contributed by atoms with Crippen molar-refractivity contribution in [2.75, 3.05) is 37.4 Å². The number of fused-ring (bicyclic) bond motifs is 1. The minimum atomic E-state index is -0.421. The summed E-state index contributed by atoms with van der Waals surface area (Å²) in [6, 6.07) is 6.80. The molecule has 2 aromatic heterocycles. The number of aromatic nitrogens is 2. The van der Waals surface area contributed by atoms with E-state index in [1.165, 1.54) is 50.6 Å². The van der Waals surface area contributed by atoms with Crippen LogP contribution in [0.3, 0.4) is 0 Å². The standard InChI is InChI=1S/C24H30N4O3S/c1-31-24(30)20-21(25)22(32-23(20)27-10-9-15(12-27)13-29)16-7-8-19-18(11-16)26-14-28(19)17-5-3-2-4-6-17/h7-8,11,14-15,17,29H,2-6,9-10,12-13,25H2,1H3. The highest BCUT2D eigenvalue weighted by Gasteiger charge is 2.31. The van der Waals surface area contributed by atoms with Crippen molar-refractivity contribution >= 4 is 39.0 Å². The van der Waals surface area contributed by atoms with Crippen molar-refractivity contribution < 1.29 is 14.6 Å². The normalized spacial score (nSPS) is 19.7. The molecule has 8 heteroatoms. The molecule has 1 saturated heterocycles. The lowest BCUT2D eigenvalue weighted by Gasteiger charge is -2.23. The van der Waals surface area contributed by atoms with E-state index < -0.39 is 5.97 Å². The molecule has 2 aliphatic rings. The van der Waals surface area contributed by atoms with E-state index in [4.69, 9.17) is 10.5 Å². The molecule has 1 saturated carbocycles. The highest BCUT2D eigenvalue weighted by atomic mass is 32.1. The fourth-order valence-corrected chi connectivity index (χ4v) is 6.40. The van der Waals surface area contributed by atoms with Gasteiger partial charge in [-0.25, -0.2) is 9.78 Å². The van der Waals surface area contributed by atoms with Crippen LogP contribution < -0.4 is 10.6 Å². The number of ether oxygens (including phenoxy) is 1. The third-order valence-corrected chi connectivity index (χ3v) is 8.27. The van der Waals surface area contributed by atoms with Gasteiger partial charge in [0.1, 0.15) is 10.6 Å². The van der Waals surface area contributed by atoms with Gasteiger partial charge >= 0.3 is 5.97 Å². The van der Waals surface area contributed by atoms with Gasteiger partial charge in [-0.15, -0.1) is 11.3 Å². The van der Waals surface area contributed by atoms with Gasteiger partial charge in [0.2, 0.25) is 0 Å². The maximum atomic E-state index is 12.6. The van der Waals surface area contributed by atoms with E-state index in [1.54, 1.807) is 0 Å². The van der Waals surface area contributed by atoms with Crippen LogP contribution in [0.1, 0.15) is 54.9 Å². The first kappa shape index (κ1) is 21.3. The number of carbonyl (C=O) groups excluding carboxylic acids is 1. The first-order chi connectivity index (χ1) is 15.6. The van der Waals surface area contributed by atoms with Crippen LogP contribution in [0, 0.1) is 5.92 Å².